The number of ether oxygens (including phenoxy) is 2. The van der Waals surface area contributed by atoms with E-state index in [0.717, 1.165) is 10.2 Å². The molecule has 0 atom stereocenters. The maximum absolute atomic E-state index is 12.2. The highest BCUT2D eigenvalue weighted by Crippen LogP contribution is 2.26. The van der Waals surface area contributed by atoms with Crippen molar-refractivity contribution >= 4 is 33.5 Å². The number of hydrogen-bond donors (Lipinski definition) is 0. The van der Waals surface area contributed by atoms with E-state index in [1.807, 2.05) is 30.3 Å². The van der Waals surface area contributed by atoms with Crippen molar-refractivity contribution in [3.05, 3.63) is 87.9 Å². The van der Waals surface area contributed by atoms with Crippen LogP contribution in [0.2, 0.25) is 5.02 Å². The van der Waals surface area contributed by atoms with Crippen molar-refractivity contribution in [3.63, 3.8) is 0 Å². The lowest BCUT2D eigenvalue weighted by atomic mass is 10.2. The maximum atomic E-state index is 12.2. The predicted octanol–water partition coefficient (Wildman–Crippen LogP) is 6.11. The van der Waals surface area contributed by atoms with E-state index in [9.17, 15) is 4.79 Å². The summed E-state index contributed by atoms with van der Waals surface area (Å²) < 4.78 is 11.8. The van der Waals surface area contributed by atoms with Crippen LogP contribution in [0, 0.1) is 0 Å². The summed E-state index contributed by atoms with van der Waals surface area (Å²) in [5.74, 6) is 1.29. The molecule has 0 saturated carbocycles. The van der Waals surface area contributed by atoms with Crippen LogP contribution in [-0.2, 0) is 0 Å². The van der Waals surface area contributed by atoms with Crippen LogP contribution in [0.3, 0.4) is 0 Å². The Hall–Kier alpha value is -2.30. The average molecular weight is 404 g/mol. The van der Waals surface area contributed by atoms with Crippen molar-refractivity contribution in [2.24, 2.45) is 0 Å². The second kappa shape index (κ2) is 7.51. The summed E-state index contributed by atoms with van der Waals surface area (Å²) in [5.41, 5.74) is 0.302. The minimum absolute atomic E-state index is 0.302. The van der Waals surface area contributed by atoms with Crippen molar-refractivity contribution in [3.8, 4) is 17.2 Å². The van der Waals surface area contributed by atoms with E-state index in [-0.39, 0.29) is 0 Å². The van der Waals surface area contributed by atoms with Gasteiger partial charge in [-0.05, 0) is 54.6 Å². The van der Waals surface area contributed by atoms with E-state index in [1.54, 1.807) is 42.5 Å². The first kappa shape index (κ1) is 16.6. The van der Waals surface area contributed by atoms with Crippen molar-refractivity contribution in [1.82, 2.24) is 0 Å². The number of benzene rings is 3. The van der Waals surface area contributed by atoms with Gasteiger partial charge in [-0.25, -0.2) is 4.79 Å². The summed E-state index contributed by atoms with van der Waals surface area (Å²) in [7, 11) is 0. The molecule has 0 fully saturated rings. The summed E-state index contributed by atoms with van der Waals surface area (Å²) >= 11 is 9.34. The van der Waals surface area contributed by atoms with Gasteiger partial charge in [-0.3, -0.25) is 0 Å². The maximum Gasteiger partial charge on any atom is 0.345 e. The number of para-hydroxylation sites is 1. The molecule has 0 bridgehead atoms. The summed E-state index contributed by atoms with van der Waals surface area (Å²) in [6.07, 6.45) is 0. The van der Waals surface area contributed by atoms with Gasteiger partial charge < -0.3 is 9.47 Å². The molecule has 0 unspecified atom stereocenters. The molecule has 24 heavy (non-hydrogen) atoms. The third-order valence-corrected chi connectivity index (χ3v) is 3.98. The second-order valence-electron chi connectivity index (χ2n) is 4.90. The molecule has 120 valence electrons. The first-order valence-corrected chi connectivity index (χ1v) is 8.29. The van der Waals surface area contributed by atoms with Gasteiger partial charge >= 0.3 is 5.97 Å². The molecular weight excluding hydrogens is 392 g/mol. The highest BCUT2D eigenvalue weighted by atomic mass is 79.9. The molecule has 5 heteroatoms. The van der Waals surface area contributed by atoms with Crippen LogP contribution < -0.4 is 9.47 Å². The van der Waals surface area contributed by atoms with Gasteiger partial charge in [-0.15, -0.1) is 0 Å². The number of esters is 1. The highest BCUT2D eigenvalue weighted by molar-refractivity contribution is 9.10. The predicted molar refractivity (Wildman–Crippen MR) is 97.1 cm³/mol. The van der Waals surface area contributed by atoms with Gasteiger partial charge in [0, 0.05) is 4.47 Å². The fourth-order valence-corrected chi connectivity index (χ4v) is 2.57. The van der Waals surface area contributed by atoms with Crippen LogP contribution in [0.4, 0.5) is 0 Å². The molecule has 0 radical (unpaired) electrons. The number of halogens is 2. The molecular formula is C19H12BrClO3. The Labute approximate surface area is 152 Å². The van der Waals surface area contributed by atoms with Crippen LogP contribution in [-0.4, -0.2) is 5.97 Å². The lowest BCUT2D eigenvalue weighted by Gasteiger charge is -2.08. The molecule has 0 aliphatic carbocycles. The van der Waals surface area contributed by atoms with Crippen molar-refractivity contribution in [1.29, 1.82) is 0 Å². The number of carbonyl (C=O) groups excluding carboxylic acids is 1. The fraction of sp³-hybridized carbons (Fsp3) is 0. The molecule has 3 aromatic carbocycles. The highest BCUT2D eigenvalue weighted by Gasteiger charge is 2.13. The van der Waals surface area contributed by atoms with E-state index in [1.165, 1.54) is 0 Å². The van der Waals surface area contributed by atoms with Crippen LogP contribution >= 0.6 is 27.5 Å². The van der Waals surface area contributed by atoms with E-state index < -0.39 is 5.97 Å². The van der Waals surface area contributed by atoms with E-state index in [4.69, 9.17) is 21.1 Å². The molecule has 0 aromatic heterocycles. The van der Waals surface area contributed by atoms with Gasteiger partial charge in [-0.2, -0.15) is 0 Å². The molecule has 0 saturated heterocycles. The molecule has 3 aromatic rings. The normalized spacial score (nSPS) is 10.2. The quantitative estimate of drug-likeness (QED) is 0.389. The Morgan fingerprint density at radius 2 is 1.46 bits per heavy atom. The molecule has 0 heterocycles. The Morgan fingerprint density at radius 3 is 2.17 bits per heavy atom. The molecule has 3 rings (SSSR count). The molecule has 3 nitrogen and oxygen atoms in total. The largest absolute Gasteiger partial charge is 0.457 e. The molecule has 0 amide bonds. The lowest BCUT2D eigenvalue weighted by Crippen LogP contribution is -2.09. The van der Waals surface area contributed by atoms with Crippen LogP contribution in [0.1, 0.15) is 10.4 Å². The summed E-state index contributed by atoms with van der Waals surface area (Å²) in [4.78, 5) is 12.2. The summed E-state index contributed by atoms with van der Waals surface area (Å²) in [6.45, 7) is 0. The third-order valence-electron chi connectivity index (χ3n) is 3.16. The third kappa shape index (κ3) is 4.16. The number of rotatable bonds is 4. The van der Waals surface area contributed by atoms with Gasteiger partial charge in [0.1, 0.15) is 17.2 Å². The zero-order valence-corrected chi connectivity index (χ0v) is 14.8. The van der Waals surface area contributed by atoms with Crippen molar-refractivity contribution in [2.75, 3.05) is 0 Å². The van der Waals surface area contributed by atoms with Crippen molar-refractivity contribution in [2.45, 2.75) is 0 Å². The van der Waals surface area contributed by atoms with Gasteiger partial charge in [0.2, 0.25) is 0 Å². The minimum atomic E-state index is -0.516. The minimum Gasteiger partial charge on any atom is -0.457 e. The zero-order valence-electron chi connectivity index (χ0n) is 12.4. The first-order chi connectivity index (χ1) is 11.6. The van der Waals surface area contributed by atoms with E-state index in [2.05, 4.69) is 15.9 Å². The topological polar surface area (TPSA) is 35.5 Å². The Morgan fingerprint density at radius 1 is 0.833 bits per heavy atom. The summed E-state index contributed by atoms with van der Waals surface area (Å²) in [6, 6.07) is 21.3. The lowest BCUT2D eigenvalue weighted by molar-refractivity contribution is 0.0734. The van der Waals surface area contributed by atoms with Gasteiger partial charge in [0.25, 0.3) is 0 Å². The molecule has 0 aliphatic rings. The fourth-order valence-electron chi connectivity index (χ4n) is 2.02. The monoisotopic (exact) mass is 402 g/mol. The standard InChI is InChI=1S/C19H12BrClO3/c20-13-6-11-18(21)17(12-13)19(22)24-16-9-7-15(8-10-16)23-14-4-2-1-3-5-14/h1-12H. The van der Waals surface area contributed by atoms with Crippen LogP contribution in [0.25, 0.3) is 0 Å². The second-order valence-corrected chi connectivity index (χ2v) is 6.22. The van der Waals surface area contributed by atoms with Gasteiger partial charge in [0.05, 0.1) is 10.6 Å². The smallest absolute Gasteiger partial charge is 0.345 e. The zero-order chi connectivity index (χ0) is 16.9. The first-order valence-electron chi connectivity index (χ1n) is 7.12. The Bertz CT molecular complexity index is 848. The van der Waals surface area contributed by atoms with Crippen LogP contribution in [0.15, 0.2) is 77.3 Å². The van der Waals surface area contributed by atoms with Gasteiger partial charge in [0.15, 0.2) is 0 Å². The van der Waals surface area contributed by atoms with E-state index in [0.29, 0.717) is 22.1 Å². The summed E-state index contributed by atoms with van der Waals surface area (Å²) in [5, 5.41) is 0.340. The molecule has 0 aliphatic heterocycles. The van der Waals surface area contributed by atoms with E-state index >= 15 is 0 Å². The molecule has 0 N–H and O–H groups in total. The number of hydrogen-bond acceptors (Lipinski definition) is 3. The van der Waals surface area contributed by atoms with Crippen LogP contribution in [0.5, 0.6) is 17.2 Å². The SMILES string of the molecule is O=C(Oc1ccc(Oc2ccccc2)cc1)c1cc(Br)ccc1Cl. The Balaban J connectivity index is 1.70. The van der Waals surface area contributed by atoms with Gasteiger partial charge in [-0.1, -0.05) is 45.7 Å². The Kier molecular flexibility index (Phi) is 5.18. The van der Waals surface area contributed by atoms with Crippen molar-refractivity contribution < 1.29 is 14.3 Å². The molecule has 0 spiro atoms. The number of carbonyl (C=O) groups is 1. The average Bonchev–Trinajstić information content (AvgIpc) is 2.59.